The zero-order valence-corrected chi connectivity index (χ0v) is 10.4. The van der Waals surface area contributed by atoms with Gasteiger partial charge in [-0.15, -0.1) is 0 Å². The van der Waals surface area contributed by atoms with Crippen LogP contribution < -0.4 is 5.32 Å². The van der Waals surface area contributed by atoms with Gasteiger partial charge in [0.2, 0.25) is 0 Å². The summed E-state index contributed by atoms with van der Waals surface area (Å²) in [7, 11) is 1.65. The molecule has 3 nitrogen and oxygen atoms in total. The second kappa shape index (κ2) is 5.20. The monoisotopic (exact) mass is 238 g/mol. The Balaban J connectivity index is 2.93. The van der Waals surface area contributed by atoms with Crippen molar-refractivity contribution in [1.82, 2.24) is 0 Å². The fourth-order valence-electron chi connectivity index (χ4n) is 1.48. The van der Waals surface area contributed by atoms with Gasteiger partial charge in [0, 0.05) is 12.1 Å². The maximum atomic E-state index is 8.99. The molecule has 0 aliphatic heterocycles. The van der Waals surface area contributed by atoms with Gasteiger partial charge in [-0.3, -0.25) is 0 Å². The van der Waals surface area contributed by atoms with Crippen LogP contribution in [0.4, 0.5) is 5.69 Å². The number of nitrogens with zero attached hydrogens (tertiary/aromatic N) is 1. The summed E-state index contributed by atoms with van der Waals surface area (Å²) in [6.07, 6.45) is 0. The third-order valence-electron chi connectivity index (χ3n) is 2.08. The molecule has 0 saturated heterocycles. The fourth-order valence-corrected chi connectivity index (χ4v) is 1.65. The highest BCUT2D eigenvalue weighted by atomic mass is 35.5. The largest absolute Gasteiger partial charge is 0.382 e. The topological polar surface area (TPSA) is 45.0 Å². The molecule has 0 unspecified atom stereocenters. The predicted octanol–water partition coefficient (Wildman–Crippen LogP) is 3.05. The van der Waals surface area contributed by atoms with Crippen LogP contribution >= 0.6 is 11.6 Å². The summed E-state index contributed by atoms with van der Waals surface area (Å²) in [5.74, 6) is 0. The Bertz CT molecular complexity index is 410. The number of nitriles is 1. The van der Waals surface area contributed by atoms with E-state index in [1.54, 1.807) is 25.3 Å². The van der Waals surface area contributed by atoms with Crippen molar-refractivity contribution >= 4 is 17.3 Å². The van der Waals surface area contributed by atoms with Crippen LogP contribution in [0.3, 0.4) is 0 Å². The Morgan fingerprint density at radius 3 is 2.75 bits per heavy atom. The highest BCUT2D eigenvalue weighted by molar-refractivity contribution is 6.30. The van der Waals surface area contributed by atoms with E-state index in [2.05, 4.69) is 11.4 Å². The van der Waals surface area contributed by atoms with E-state index < -0.39 is 0 Å². The molecule has 1 aromatic rings. The summed E-state index contributed by atoms with van der Waals surface area (Å²) in [5, 5.41) is 12.8. The molecule has 0 bridgehead atoms. The molecule has 0 spiro atoms. The number of ether oxygens (including phenoxy) is 1. The second-order valence-corrected chi connectivity index (χ2v) is 4.68. The van der Waals surface area contributed by atoms with Crippen LogP contribution in [0.15, 0.2) is 18.2 Å². The summed E-state index contributed by atoms with van der Waals surface area (Å²) in [6, 6.07) is 7.32. The van der Waals surface area contributed by atoms with Crippen molar-refractivity contribution in [3.63, 3.8) is 0 Å². The minimum atomic E-state index is -0.228. The van der Waals surface area contributed by atoms with Crippen molar-refractivity contribution in [2.75, 3.05) is 19.0 Å². The van der Waals surface area contributed by atoms with Crippen LogP contribution in [0, 0.1) is 11.3 Å². The Morgan fingerprint density at radius 2 is 2.19 bits per heavy atom. The van der Waals surface area contributed by atoms with Gasteiger partial charge in [-0.2, -0.15) is 5.26 Å². The number of halogens is 1. The molecule has 0 atom stereocenters. The molecule has 4 heteroatoms. The molecule has 0 aliphatic rings. The van der Waals surface area contributed by atoms with Crippen molar-refractivity contribution in [2.45, 2.75) is 19.4 Å². The first-order valence-electron chi connectivity index (χ1n) is 4.95. The molecular formula is C12H15ClN2O. The van der Waals surface area contributed by atoms with E-state index in [1.165, 1.54) is 0 Å². The average molecular weight is 239 g/mol. The van der Waals surface area contributed by atoms with Gasteiger partial charge in [0.1, 0.15) is 6.07 Å². The van der Waals surface area contributed by atoms with Crippen molar-refractivity contribution in [3.05, 3.63) is 28.8 Å². The molecule has 0 aliphatic carbocycles. The Kier molecular flexibility index (Phi) is 4.17. The molecule has 0 amide bonds. The van der Waals surface area contributed by atoms with Crippen LogP contribution in [0.25, 0.3) is 0 Å². The minimum absolute atomic E-state index is 0.228. The number of rotatable bonds is 4. The maximum absolute atomic E-state index is 8.99. The van der Waals surface area contributed by atoms with E-state index >= 15 is 0 Å². The molecule has 0 fully saturated rings. The second-order valence-electron chi connectivity index (χ2n) is 4.24. The molecule has 0 radical (unpaired) electrons. The molecule has 1 rings (SSSR count). The van der Waals surface area contributed by atoms with E-state index in [1.807, 2.05) is 13.8 Å². The quantitative estimate of drug-likeness (QED) is 0.877. The number of hydrogen-bond acceptors (Lipinski definition) is 3. The van der Waals surface area contributed by atoms with E-state index in [0.29, 0.717) is 17.2 Å². The highest BCUT2D eigenvalue weighted by Gasteiger charge is 2.18. The summed E-state index contributed by atoms with van der Waals surface area (Å²) in [4.78, 5) is 0. The van der Waals surface area contributed by atoms with E-state index in [0.717, 1.165) is 5.69 Å². The maximum Gasteiger partial charge on any atom is 0.101 e. The van der Waals surface area contributed by atoms with Crippen LogP contribution in [0.2, 0.25) is 5.02 Å². The average Bonchev–Trinajstić information content (AvgIpc) is 2.20. The van der Waals surface area contributed by atoms with Crippen molar-refractivity contribution in [3.8, 4) is 6.07 Å². The zero-order valence-electron chi connectivity index (χ0n) is 9.67. The lowest BCUT2D eigenvalue weighted by Crippen LogP contribution is -2.36. The lowest BCUT2D eigenvalue weighted by Gasteiger charge is -2.27. The van der Waals surface area contributed by atoms with E-state index in [9.17, 15) is 0 Å². The highest BCUT2D eigenvalue weighted by Crippen LogP contribution is 2.23. The molecule has 16 heavy (non-hydrogen) atoms. The van der Waals surface area contributed by atoms with Gasteiger partial charge in [-0.05, 0) is 32.0 Å². The Morgan fingerprint density at radius 1 is 1.50 bits per heavy atom. The van der Waals surface area contributed by atoms with E-state index in [4.69, 9.17) is 21.6 Å². The van der Waals surface area contributed by atoms with Gasteiger partial charge >= 0.3 is 0 Å². The predicted molar refractivity (Wildman–Crippen MR) is 65.7 cm³/mol. The SMILES string of the molecule is COCC(C)(C)Nc1ccc(Cl)cc1C#N. The molecule has 1 aromatic carbocycles. The van der Waals surface area contributed by atoms with Gasteiger partial charge in [0.25, 0.3) is 0 Å². The van der Waals surface area contributed by atoms with Gasteiger partial charge in [0.05, 0.1) is 23.4 Å². The number of benzene rings is 1. The van der Waals surface area contributed by atoms with Crippen molar-refractivity contribution in [2.24, 2.45) is 0 Å². The number of anilines is 1. The first-order valence-corrected chi connectivity index (χ1v) is 5.33. The molecular weight excluding hydrogens is 224 g/mol. The van der Waals surface area contributed by atoms with Crippen LogP contribution in [-0.4, -0.2) is 19.3 Å². The number of nitrogens with one attached hydrogen (secondary N) is 1. The van der Waals surface area contributed by atoms with Crippen molar-refractivity contribution in [1.29, 1.82) is 5.26 Å². The van der Waals surface area contributed by atoms with Gasteiger partial charge in [0.15, 0.2) is 0 Å². The van der Waals surface area contributed by atoms with Crippen LogP contribution in [0.1, 0.15) is 19.4 Å². The summed E-state index contributed by atoms with van der Waals surface area (Å²) in [5.41, 5.74) is 1.08. The lowest BCUT2D eigenvalue weighted by atomic mass is 10.1. The minimum Gasteiger partial charge on any atom is -0.382 e. The third kappa shape index (κ3) is 3.41. The van der Waals surface area contributed by atoms with Gasteiger partial charge in [-0.1, -0.05) is 11.6 Å². The normalized spacial score (nSPS) is 10.9. The van der Waals surface area contributed by atoms with Gasteiger partial charge < -0.3 is 10.1 Å². The first-order chi connectivity index (χ1) is 7.48. The zero-order chi connectivity index (χ0) is 12.2. The summed E-state index contributed by atoms with van der Waals surface area (Å²) in [6.45, 7) is 4.57. The lowest BCUT2D eigenvalue weighted by molar-refractivity contribution is 0.158. The standard InChI is InChI=1S/C12H15ClN2O/c1-12(2,8-16-3)15-11-5-4-10(13)6-9(11)7-14/h4-6,15H,8H2,1-3H3. The van der Waals surface area contributed by atoms with Crippen LogP contribution in [-0.2, 0) is 4.74 Å². The molecule has 0 heterocycles. The third-order valence-corrected chi connectivity index (χ3v) is 2.32. The van der Waals surface area contributed by atoms with Gasteiger partial charge in [-0.25, -0.2) is 0 Å². The van der Waals surface area contributed by atoms with Crippen LogP contribution in [0.5, 0.6) is 0 Å². The first kappa shape index (κ1) is 12.8. The molecule has 0 saturated carbocycles. The fraction of sp³-hybridized carbons (Fsp3) is 0.417. The van der Waals surface area contributed by atoms with E-state index in [-0.39, 0.29) is 5.54 Å². The number of hydrogen-bond donors (Lipinski definition) is 1. The number of methoxy groups -OCH3 is 1. The molecule has 1 N–H and O–H groups in total. The van der Waals surface area contributed by atoms with Crippen molar-refractivity contribution < 1.29 is 4.74 Å². The Hall–Kier alpha value is -1.24. The molecule has 0 aromatic heterocycles. The Labute approximate surface area is 101 Å². The molecule has 86 valence electrons. The summed E-state index contributed by atoms with van der Waals surface area (Å²) < 4.78 is 5.10. The summed E-state index contributed by atoms with van der Waals surface area (Å²) >= 11 is 5.82. The smallest absolute Gasteiger partial charge is 0.101 e.